The normalized spacial score (nSPS) is 15.0. The van der Waals surface area contributed by atoms with Crippen LogP contribution in [0, 0.1) is 0 Å². The van der Waals surface area contributed by atoms with Crippen LogP contribution in [-0.2, 0) is 5.41 Å². The summed E-state index contributed by atoms with van der Waals surface area (Å²) in [6, 6.07) is 13.9. The van der Waals surface area contributed by atoms with Gasteiger partial charge in [-0.1, -0.05) is 0 Å². The maximum atomic E-state index is 4.77. The number of hydrogen-bond donors (Lipinski definition) is 1. The Kier molecular flexibility index (Phi) is 4.31. The SMILES string of the molecule is CC(C)(C)c1c[se]c(/N=C2\N=C(Nc3ccccn3)c3ccccc32)n1. The van der Waals surface area contributed by atoms with E-state index >= 15 is 0 Å². The molecule has 0 saturated carbocycles. The van der Waals surface area contributed by atoms with Gasteiger partial charge in [-0.15, -0.1) is 0 Å². The summed E-state index contributed by atoms with van der Waals surface area (Å²) in [5, 5.41) is 3.30. The second-order valence-corrected chi connectivity index (χ2v) is 8.80. The van der Waals surface area contributed by atoms with E-state index in [1.807, 2.05) is 42.5 Å². The van der Waals surface area contributed by atoms with Gasteiger partial charge in [-0.25, -0.2) is 0 Å². The van der Waals surface area contributed by atoms with E-state index in [1.165, 1.54) is 0 Å². The Hall–Kier alpha value is -2.56. The summed E-state index contributed by atoms with van der Waals surface area (Å²) in [7, 11) is 0. The summed E-state index contributed by atoms with van der Waals surface area (Å²) >= 11 is 0.150. The molecule has 4 rings (SSSR count). The average Bonchev–Trinajstić information content (AvgIpc) is 3.22. The monoisotopic (exact) mass is 409 g/mol. The van der Waals surface area contributed by atoms with Gasteiger partial charge in [0.25, 0.3) is 0 Å². The van der Waals surface area contributed by atoms with Gasteiger partial charge in [-0.05, 0) is 0 Å². The first-order valence-electron chi connectivity index (χ1n) is 8.42. The minimum atomic E-state index is 0.0478. The van der Waals surface area contributed by atoms with E-state index in [4.69, 9.17) is 15.0 Å². The van der Waals surface area contributed by atoms with Crippen molar-refractivity contribution < 1.29 is 0 Å². The molecule has 0 aliphatic carbocycles. The van der Waals surface area contributed by atoms with E-state index in [0.29, 0.717) is 5.84 Å². The van der Waals surface area contributed by atoms with Crippen LogP contribution in [0.1, 0.15) is 37.6 Å². The first-order valence-corrected chi connectivity index (χ1v) is 10.3. The molecule has 0 bridgehead atoms. The molecule has 0 fully saturated rings. The van der Waals surface area contributed by atoms with Gasteiger partial charge in [0.2, 0.25) is 0 Å². The third-order valence-electron chi connectivity index (χ3n) is 4.01. The molecule has 3 heterocycles. The number of anilines is 1. The standard InChI is InChI=1S/C20H19N5Se/c1-20(2,3)15-12-26-19(22-15)25-18-14-9-5-4-8-13(14)17(24-18)23-16-10-6-7-11-21-16/h4-12H,1-3H3,(H,21,22,23,24,25). The maximum absolute atomic E-state index is 4.77. The number of pyridine rings is 1. The molecule has 1 N–H and O–H groups in total. The Morgan fingerprint density at radius 1 is 1.00 bits per heavy atom. The third kappa shape index (κ3) is 3.39. The van der Waals surface area contributed by atoms with Crippen LogP contribution in [0.3, 0.4) is 0 Å². The molecule has 0 amide bonds. The number of aliphatic imine (C=N–C) groups is 2. The van der Waals surface area contributed by atoms with Crippen LogP contribution in [0.5, 0.6) is 0 Å². The quantitative estimate of drug-likeness (QED) is 0.657. The second kappa shape index (κ2) is 6.63. The van der Waals surface area contributed by atoms with Crippen LogP contribution in [0.15, 0.2) is 63.6 Å². The predicted molar refractivity (Wildman–Crippen MR) is 107 cm³/mol. The van der Waals surface area contributed by atoms with E-state index in [-0.39, 0.29) is 19.9 Å². The summed E-state index contributed by atoms with van der Waals surface area (Å²) in [6.07, 6.45) is 1.76. The molecule has 1 aliphatic heterocycles. The Labute approximate surface area is 158 Å². The summed E-state index contributed by atoms with van der Waals surface area (Å²) < 4.78 is 0.870. The van der Waals surface area contributed by atoms with Gasteiger partial charge >= 0.3 is 159 Å². The van der Waals surface area contributed by atoms with Crippen molar-refractivity contribution in [1.29, 1.82) is 0 Å². The number of benzene rings is 1. The molecular weight excluding hydrogens is 389 g/mol. The number of hydrogen-bond acceptors (Lipinski definition) is 4. The van der Waals surface area contributed by atoms with E-state index in [0.717, 1.165) is 33.2 Å². The van der Waals surface area contributed by atoms with Crippen molar-refractivity contribution >= 4 is 36.7 Å². The van der Waals surface area contributed by atoms with Crippen molar-refractivity contribution in [3.63, 3.8) is 0 Å². The zero-order valence-electron chi connectivity index (χ0n) is 14.9. The van der Waals surface area contributed by atoms with Crippen molar-refractivity contribution in [1.82, 2.24) is 9.97 Å². The number of nitrogens with zero attached hydrogens (tertiary/aromatic N) is 4. The van der Waals surface area contributed by atoms with Crippen molar-refractivity contribution in [2.75, 3.05) is 5.32 Å². The first-order chi connectivity index (χ1) is 12.5. The van der Waals surface area contributed by atoms with Gasteiger partial charge in [0, 0.05) is 0 Å². The van der Waals surface area contributed by atoms with Gasteiger partial charge < -0.3 is 0 Å². The molecule has 2 aromatic heterocycles. The Balaban J connectivity index is 1.71. The first kappa shape index (κ1) is 16.9. The van der Waals surface area contributed by atoms with Crippen molar-refractivity contribution in [3.8, 4) is 0 Å². The van der Waals surface area contributed by atoms with Crippen LogP contribution in [0.2, 0.25) is 0 Å². The van der Waals surface area contributed by atoms with E-state index in [1.54, 1.807) is 6.20 Å². The number of nitrogens with one attached hydrogen (secondary N) is 1. The van der Waals surface area contributed by atoms with Crippen LogP contribution in [0.4, 0.5) is 10.5 Å². The van der Waals surface area contributed by atoms with Crippen molar-refractivity contribution in [2.45, 2.75) is 26.2 Å². The molecule has 1 aliphatic rings. The van der Waals surface area contributed by atoms with Gasteiger partial charge in [0.15, 0.2) is 0 Å². The topological polar surface area (TPSA) is 62.5 Å². The summed E-state index contributed by atoms with van der Waals surface area (Å²) in [5.74, 6) is 2.25. The number of fused-ring (bicyclic) bond motifs is 1. The molecule has 0 radical (unpaired) electrons. The third-order valence-corrected chi connectivity index (χ3v) is 5.56. The number of amidine groups is 2. The molecule has 3 aromatic rings. The minimum absolute atomic E-state index is 0.0478. The van der Waals surface area contributed by atoms with Gasteiger partial charge in [-0.2, -0.15) is 0 Å². The molecule has 130 valence electrons. The molecule has 0 spiro atoms. The molecule has 26 heavy (non-hydrogen) atoms. The Bertz CT molecular complexity index is 996. The molecule has 1 aromatic carbocycles. The predicted octanol–water partition coefficient (Wildman–Crippen LogP) is 3.78. The number of rotatable bonds is 2. The van der Waals surface area contributed by atoms with Crippen LogP contribution >= 0.6 is 0 Å². The molecule has 6 heteroatoms. The van der Waals surface area contributed by atoms with Crippen LogP contribution < -0.4 is 5.32 Å². The molecule has 0 unspecified atom stereocenters. The fourth-order valence-electron chi connectivity index (χ4n) is 2.60. The van der Waals surface area contributed by atoms with E-state index < -0.39 is 0 Å². The van der Waals surface area contributed by atoms with Gasteiger partial charge in [0.1, 0.15) is 0 Å². The van der Waals surface area contributed by atoms with Gasteiger partial charge in [0.05, 0.1) is 0 Å². The summed E-state index contributed by atoms with van der Waals surface area (Å²) in [6.45, 7) is 6.52. The zero-order chi connectivity index (χ0) is 18.1. The molecule has 0 atom stereocenters. The van der Waals surface area contributed by atoms with E-state index in [9.17, 15) is 0 Å². The fraction of sp³-hybridized carbons (Fsp3) is 0.200. The summed E-state index contributed by atoms with van der Waals surface area (Å²) in [4.78, 5) is 20.7. The zero-order valence-corrected chi connectivity index (χ0v) is 16.6. The van der Waals surface area contributed by atoms with Crippen molar-refractivity contribution in [2.24, 2.45) is 9.98 Å². The summed E-state index contributed by atoms with van der Waals surface area (Å²) in [5.41, 5.74) is 3.21. The average molecular weight is 408 g/mol. The fourth-order valence-corrected chi connectivity index (χ4v) is 4.52. The Morgan fingerprint density at radius 3 is 2.46 bits per heavy atom. The van der Waals surface area contributed by atoms with E-state index in [2.05, 4.69) is 36.0 Å². The Morgan fingerprint density at radius 2 is 1.77 bits per heavy atom. The van der Waals surface area contributed by atoms with Crippen LogP contribution in [0.25, 0.3) is 0 Å². The second-order valence-electron chi connectivity index (χ2n) is 7.05. The molecular formula is C20H19N5Se. The van der Waals surface area contributed by atoms with Crippen molar-refractivity contribution in [3.05, 3.63) is 70.4 Å². The van der Waals surface area contributed by atoms with Crippen LogP contribution in [-0.4, -0.2) is 36.1 Å². The molecule has 5 nitrogen and oxygen atoms in total. The number of aromatic nitrogens is 2. The molecule has 0 saturated heterocycles. The van der Waals surface area contributed by atoms with Gasteiger partial charge in [-0.3, -0.25) is 0 Å².